The van der Waals surface area contributed by atoms with Gasteiger partial charge in [-0.2, -0.15) is 13.2 Å². The van der Waals surface area contributed by atoms with Crippen LogP contribution in [-0.2, 0) is 13.2 Å². The molecule has 0 radical (unpaired) electrons. The third kappa shape index (κ3) is 4.72. The zero-order valence-electron chi connectivity index (χ0n) is 17.5. The van der Waals surface area contributed by atoms with Crippen LogP contribution < -0.4 is 16.0 Å². The molecule has 0 fully saturated rings. The molecular weight excluding hydrogens is 481 g/mol. The van der Waals surface area contributed by atoms with E-state index in [0.717, 1.165) is 22.0 Å². The third-order valence-corrected chi connectivity index (χ3v) is 6.39. The molecule has 3 aromatic heterocycles. The molecule has 12 heteroatoms. The number of benzene rings is 1. The average Bonchev–Trinajstić information content (AvgIpc) is 3.10. The molecule has 0 amide bonds. The van der Waals surface area contributed by atoms with Crippen molar-refractivity contribution in [3.63, 3.8) is 0 Å². The molecule has 1 N–H and O–H groups in total. The van der Waals surface area contributed by atoms with E-state index in [-0.39, 0.29) is 27.4 Å². The number of aromatic amines is 1. The number of ether oxygens (including phenoxy) is 1. The zero-order chi connectivity index (χ0) is 24.6. The van der Waals surface area contributed by atoms with Gasteiger partial charge in [0.25, 0.3) is 5.56 Å². The van der Waals surface area contributed by atoms with Crippen LogP contribution in [0.15, 0.2) is 46.1 Å². The first-order chi connectivity index (χ1) is 16.1. The number of thiophene rings is 1. The van der Waals surface area contributed by atoms with Gasteiger partial charge in [0, 0.05) is 34.8 Å². The summed E-state index contributed by atoms with van der Waals surface area (Å²) in [6.07, 6.45) is -4.40. The Bertz CT molecular complexity index is 1490. The summed E-state index contributed by atoms with van der Waals surface area (Å²) in [5.41, 5.74) is -0.842. The number of fused-ring (bicyclic) bond motifs is 1. The largest absolute Gasteiger partial charge is 0.439 e. The number of halogens is 5. The molecule has 0 atom stereocenters. The number of H-pyrrole nitrogens is 1. The van der Waals surface area contributed by atoms with Crippen LogP contribution >= 0.6 is 11.3 Å². The van der Waals surface area contributed by atoms with Crippen molar-refractivity contribution in [3.8, 4) is 22.1 Å². The van der Waals surface area contributed by atoms with E-state index < -0.39 is 42.9 Å². The molecule has 4 aromatic rings. The molecule has 0 aliphatic heterocycles. The van der Waals surface area contributed by atoms with Crippen molar-refractivity contribution in [2.45, 2.75) is 32.7 Å². The quantitative estimate of drug-likeness (QED) is 0.358. The molecule has 0 bridgehead atoms. The molecule has 4 rings (SSSR count). The normalized spacial score (nSPS) is 11.8. The summed E-state index contributed by atoms with van der Waals surface area (Å²) in [6.45, 7) is -0.0516. The highest BCUT2D eigenvalue weighted by molar-refractivity contribution is 7.22. The predicted molar refractivity (Wildman–Crippen MR) is 117 cm³/mol. The van der Waals surface area contributed by atoms with Crippen molar-refractivity contribution in [1.29, 1.82) is 0 Å². The standard InChI is InChI=1S/C22H16F5N3O3S/c1-11-16-18(31)29-21(32)30(6-5-22(25,26)27)20(16)34-17(11)13-7-12(9-23)19(28-10-13)33-15-4-2-3-14(24)8-15/h2-4,7-8,10H,5-6,9H2,1H3,(H,29,31,32). The fraction of sp³-hybridized carbons (Fsp3) is 0.227. The van der Waals surface area contributed by atoms with Crippen molar-refractivity contribution < 1.29 is 26.7 Å². The van der Waals surface area contributed by atoms with Gasteiger partial charge >= 0.3 is 11.9 Å². The first-order valence-electron chi connectivity index (χ1n) is 9.89. The number of aromatic nitrogens is 3. The second kappa shape index (κ2) is 9.01. The molecule has 3 heterocycles. The van der Waals surface area contributed by atoms with Gasteiger partial charge in [0.05, 0.1) is 11.8 Å². The van der Waals surface area contributed by atoms with Crippen molar-refractivity contribution in [3.05, 3.63) is 74.3 Å². The van der Waals surface area contributed by atoms with Gasteiger partial charge in [-0.15, -0.1) is 11.3 Å². The predicted octanol–water partition coefficient (Wildman–Crippen LogP) is 5.48. The van der Waals surface area contributed by atoms with Crippen molar-refractivity contribution in [2.24, 2.45) is 0 Å². The van der Waals surface area contributed by atoms with Crippen LogP contribution in [0.3, 0.4) is 0 Å². The van der Waals surface area contributed by atoms with E-state index in [0.29, 0.717) is 16.0 Å². The lowest BCUT2D eigenvalue weighted by Gasteiger charge is -2.10. The first-order valence-corrected chi connectivity index (χ1v) is 10.7. The Morgan fingerprint density at radius 3 is 2.65 bits per heavy atom. The minimum absolute atomic E-state index is 0.0435. The van der Waals surface area contributed by atoms with Crippen LogP contribution in [0.25, 0.3) is 20.7 Å². The number of nitrogens with zero attached hydrogens (tertiary/aromatic N) is 2. The Hall–Kier alpha value is -3.54. The molecule has 0 aliphatic rings. The Labute approximate surface area is 192 Å². The van der Waals surface area contributed by atoms with Crippen molar-refractivity contribution >= 4 is 21.6 Å². The summed E-state index contributed by atoms with van der Waals surface area (Å²) in [5.74, 6) is -0.512. The molecule has 6 nitrogen and oxygen atoms in total. The summed E-state index contributed by atoms with van der Waals surface area (Å²) in [6, 6.07) is 6.65. The van der Waals surface area contributed by atoms with Gasteiger partial charge in [-0.3, -0.25) is 14.3 Å². The maximum absolute atomic E-state index is 13.8. The van der Waals surface area contributed by atoms with E-state index >= 15 is 0 Å². The average molecular weight is 497 g/mol. The molecule has 0 aliphatic carbocycles. The maximum Gasteiger partial charge on any atom is 0.390 e. The van der Waals surface area contributed by atoms with Gasteiger partial charge in [0.1, 0.15) is 23.1 Å². The Morgan fingerprint density at radius 2 is 1.97 bits per heavy atom. The summed E-state index contributed by atoms with van der Waals surface area (Å²) in [4.78, 5) is 31.3. The maximum atomic E-state index is 13.8. The molecule has 34 heavy (non-hydrogen) atoms. The second-order valence-electron chi connectivity index (χ2n) is 7.39. The van der Waals surface area contributed by atoms with E-state index in [1.54, 1.807) is 6.92 Å². The highest BCUT2D eigenvalue weighted by atomic mass is 32.1. The highest BCUT2D eigenvalue weighted by Gasteiger charge is 2.28. The summed E-state index contributed by atoms with van der Waals surface area (Å²) < 4.78 is 71.8. The molecule has 0 saturated carbocycles. The van der Waals surface area contributed by atoms with E-state index in [2.05, 4.69) is 9.97 Å². The minimum atomic E-state index is -4.49. The van der Waals surface area contributed by atoms with Gasteiger partial charge < -0.3 is 4.74 Å². The van der Waals surface area contributed by atoms with Gasteiger partial charge in [0.2, 0.25) is 5.88 Å². The summed E-state index contributed by atoms with van der Waals surface area (Å²) in [5, 5.41) is 0.0728. The molecule has 0 unspecified atom stereocenters. The lowest BCUT2D eigenvalue weighted by molar-refractivity contribution is -0.136. The fourth-order valence-corrected chi connectivity index (χ4v) is 4.75. The molecular formula is C22H16F5N3O3S. The van der Waals surface area contributed by atoms with Crippen LogP contribution in [0.4, 0.5) is 22.0 Å². The lowest BCUT2D eigenvalue weighted by atomic mass is 10.1. The van der Waals surface area contributed by atoms with E-state index in [9.17, 15) is 31.5 Å². The number of hydrogen-bond donors (Lipinski definition) is 1. The van der Waals surface area contributed by atoms with Crippen LogP contribution in [0.1, 0.15) is 17.5 Å². The zero-order valence-corrected chi connectivity index (χ0v) is 18.3. The van der Waals surface area contributed by atoms with Crippen LogP contribution in [0.5, 0.6) is 11.6 Å². The molecule has 1 aromatic carbocycles. The minimum Gasteiger partial charge on any atom is -0.439 e. The van der Waals surface area contributed by atoms with Gasteiger partial charge in [0.15, 0.2) is 0 Å². The van der Waals surface area contributed by atoms with Crippen molar-refractivity contribution in [2.75, 3.05) is 0 Å². The molecule has 178 valence electrons. The van der Waals surface area contributed by atoms with E-state index in [1.165, 1.54) is 30.5 Å². The topological polar surface area (TPSA) is 77.0 Å². The van der Waals surface area contributed by atoms with Gasteiger partial charge in [-0.05, 0) is 30.7 Å². The number of aryl methyl sites for hydroxylation is 2. The SMILES string of the molecule is Cc1c(-c2cnc(Oc3cccc(F)c3)c(CF)c2)sc2c1c(=O)[nH]c(=O)n2CCC(F)(F)F. The fourth-order valence-electron chi connectivity index (χ4n) is 3.44. The molecule has 0 spiro atoms. The highest BCUT2D eigenvalue weighted by Crippen LogP contribution is 2.38. The molecule has 0 saturated heterocycles. The van der Waals surface area contributed by atoms with Crippen LogP contribution in [0.2, 0.25) is 0 Å². The monoisotopic (exact) mass is 497 g/mol. The Kier molecular flexibility index (Phi) is 6.26. The van der Waals surface area contributed by atoms with Gasteiger partial charge in [-0.25, -0.2) is 18.6 Å². The van der Waals surface area contributed by atoms with E-state index in [1.807, 2.05) is 0 Å². The second-order valence-corrected chi connectivity index (χ2v) is 8.39. The number of nitrogens with one attached hydrogen (secondary N) is 1. The summed E-state index contributed by atoms with van der Waals surface area (Å²) >= 11 is 0.936. The van der Waals surface area contributed by atoms with E-state index in [4.69, 9.17) is 4.74 Å². The number of rotatable bonds is 6. The number of pyridine rings is 1. The van der Waals surface area contributed by atoms with Crippen LogP contribution in [-0.4, -0.2) is 20.7 Å². The Morgan fingerprint density at radius 1 is 1.21 bits per heavy atom. The number of alkyl halides is 4. The summed E-state index contributed by atoms with van der Waals surface area (Å²) in [7, 11) is 0. The number of hydrogen-bond acceptors (Lipinski definition) is 5. The lowest BCUT2D eigenvalue weighted by Crippen LogP contribution is -2.31. The first kappa shape index (κ1) is 23.6. The third-order valence-electron chi connectivity index (χ3n) is 5.03. The van der Waals surface area contributed by atoms with Gasteiger partial charge in [-0.1, -0.05) is 6.07 Å². The smallest absolute Gasteiger partial charge is 0.390 e. The van der Waals surface area contributed by atoms with Crippen LogP contribution in [0, 0.1) is 12.7 Å². The Balaban J connectivity index is 1.79. The van der Waals surface area contributed by atoms with Crippen molar-refractivity contribution in [1.82, 2.24) is 14.5 Å².